The topological polar surface area (TPSA) is 31.0 Å². The zero-order valence-electron chi connectivity index (χ0n) is 8.69. The second kappa shape index (κ2) is 3.33. The Hall–Kier alpha value is -1.51. The average Bonchev–Trinajstić information content (AvgIpc) is 2.71. The summed E-state index contributed by atoms with van der Waals surface area (Å²) in [6.45, 7) is 4.14. The van der Waals surface area contributed by atoms with Crippen molar-refractivity contribution >= 4 is 0 Å². The van der Waals surface area contributed by atoms with Crippen LogP contribution >= 0.6 is 0 Å². The van der Waals surface area contributed by atoms with Gasteiger partial charge in [-0.3, -0.25) is 0 Å². The van der Waals surface area contributed by atoms with Crippen LogP contribution in [0, 0.1) is 0 Å². The number of nitrogens with zero attached hydrogens (tertiary/aromatic N) is 2. The first kappa shape index (κ1) is 9.06. The van der Waals surface area contributed by atoms with Gasteiger partial charge in [0.25, 0.3) is 0 Å². The van der Waals surface area contributed by atoms with Crippen LogP contribution in [0.15, 0.2) is 28.9 Å². The van der Waals surface area contributed by atoms with Crippen molar-refractivity contribution in [2.24, 2.45) is 7.05 Å². The van der Waals surface area contributed by atoms with Crippen molar-refractivity contribution in [1.82, 2.24) is 9.55 Å². The molecule has 0 aromatic carbocycles. The highest BCUT2D eigenvalue weighted by Gasteiger charge is 2.10. The minimum Gasteiger partial charge on any atom is -0.439 e. The average molecular weight is 190 g/mol. The van der Waals surface area contributed by atoms with Crippen LogP contribution in [0.3, 0.4) is 0 Å². The molecule has 0 radical (unpaired) electrons. The fourth-order valence-electron chi connectivity index (χ4n) is 1.39. The van der Waals surface area contributed by atoms with Crippen LogP contribution in [0.2, 0.25) is 0 Å². The van der Waals surface area contributed by atoms with E-state index in [0.717, 1.165) is 17.3 Å². The minimum absolute atomic E-state index is 0.337. The molecule has 3 heteroatoms. The van der Waals surface area contributed by atoms with E-state index in [0.29, 0.717) is 5.92 Å². The summed E-state index contributed by atoms with van der Waals surface area (Å²) in [6.07, 6.45) is 3.78. The van der Waals surface area contributed by atoms with Crippen LogP contribution in [0.5, 0.6) is 0 Å². The maximum absolute atomic E-state index is 5.64. The Morgan fingerprint density at radius 2 is 2.21 bits per heavy atom. The first-order valence-corrected chi connectivity index (χ1v) is 4.76. The van der Waals surface area contributed by atoms with Crippen molar-refractivity contribution in [3.05, 3.63) is 30.4 Å². The van der Waals surface area contributed by atoms with Crippen molar-refractivity contribution < 1.29 is 4.42 Å². The summed E-state index contributed by atoms with van der Waals surface area (Å²) in [5, 5.41) is 0. The highest BCUT2D eigenvalue weighted by atomic mass is 16.4. The predicted molar refractivity (Wildman–Crippen MR) is 55.0 cm³/mol. The second-order valence-electron chi connectivity index (χ2n) is 3.72. The molecule has 0 bridgehead atoms. The van der Waals surface area contributed by atoms with Crippen molar-refractivity contribution in [2.45, 2.75) is 19.8 Å². The van der Waals surface area contributed by atoms with E-state index in [9.17, 15) is 0 Å². The van der Waals surface area contributed by atoms with Crippen LogP contribution in [0.25, 0.3) is 11.5 Å². The highest BCUT2D eigenvalue weighted by molar-refractivity contribution is 5.51. The molecule has 0 aliphatic rings. The van der Waals surface area contributed by atoms with E-state index in [-0.39, 0.29) is 0 Å². The monoisotopic (exact) mass is 190 g/mol. The molecule has 0 N–H and O–H groups in total. The summed E-state index contributed by atoms with van der Waals surface area (Å²) in [7, 11) is 1.99. The summed E-state index contributed by atoms with van der Waals surface area (Å²) < 4.78 is 7.66. The minimum atomic E-state index is 0.337. The first-order chi connectivity index (χ1) is 6.68. The van der Waals surface area contributed by atoms with Crippen LogP contribution in [0.4, 0.5) is 0 Å². The van der Waals surface area contributed by atoms with Gasteiger partial charge in [-0.05, 0) is 12.1 Å². The smallest absolute Gasteiger partial charge is 0.197 e. The van der Waals surface area contributed by atoms with Gasteiger partial charge in [0, 0.05) is 19.2 Å². The summed E-state index contributed by atoms with van der Waals surface area (Å²) in [5.74, 6) is 1.96. The molecule has 0 atom stereocenters. The summed E-state index contributed by atoms with van der Waals surface area (Å²) in [4.78, 5) is 4.23. The van der Waals surface area contributed by atoms with Gasteiger partial charge < -0.3 is 8.98 Å². The van der Waals surface area contributed by atoms with Crippen molar-refractivity contribution in [3.8, 4) is 11.5 Å². The standard InChI is InChI=1S/C11H14N2O/c1-8(2)11-12-7-10(14-11)9-5-4-6-13(9)3/h4-8H,1-3H3. The molecular formula is C11H14N2O. The van der Waals surface area contributed by atoms with E-state index in [1.54, 1.807) is 6.20 Å². The Bertz CT molecular complexity index is 426. The molecule has 0 unspecified atom stereocenters. The van der Waals surface area contributed by atoms with Gasteiger partial charge in [-0.25, -0.2) is 4.98 Å². The molecule has 0 fully saturated rings. The number of aryl methyl sites for hydroxylation is 1. The van der Waals surface area contributed by atoms with Crippen LogP contribution < -0.4 is 0 Å². The van der Waals surface area contributed by atoms with E-state index in [2.05, 4.69) is 18.8 Å². The van der Waals surface area contributed by atoms with Crippen LogP contribution in [-0.4, -0.2) is 9.55 Å². The zero-order chi connectivity index (χ0) is 10.1. The van der Waals surface area contributed by atoms with E-state index in [1.807, 2.05) is 29.9 Å². The molecule has 2 aromatic heterocycles. The summed E-state index contributed by atoms with van der Waals surface area (Å²) in [5.41, 5.74) is 1.06. The molecule has 0 aliphatic carbocycles. The van der Waals surface area contributed by atoms with Gasteiger partial charge in [-0.15, -0.1) is 0 Å². The molecule has 14 heavy (non-hydrogen) atoms. The van der Waals surface area contributed by atoms with Gasteiger partial charge in [-0.2, -0.15) is 0 Å². The molecule has 0 saturated carbocycles. The lowest BCUT2D eigenvalue weighted by molar-refractivity contribution is 0.479. The van der Waals surface area contributed by atoms with Gasteiger partial charge >= 0.3 is 0 Å². The van der Waals surface area contributed by atoms with Gasteiger partial charge in [0.05, 0.1) is 11.9 Å². The zero-order valence-corrected chi connectivity index (χ0v) is 8.69. The number of rotatable bonds is 2. The van der Waals surface area contributed by atoms with Crippen molar-refractivity contribution in [3.63, 3.8) is 0 Å². The fourth-order valence-corrected chi connectivity index (χ4v) is 1.39. The third kappa shape index (κ3) is 1.45. The van der Waals surface area contributed by atoms with Gasteiger partial charge in [0.1, 0.15) is 0 Å². The number of hydrogen-bond donors (Lipinski definition) is 0. The molecular weight excluding hydrogens is 176 g/mol. The predicted octanol–water partition coefficient (Wildman–Crippen LogP) is 2.80. The molecule has 0 spiro atoms. The van der Waals surface area contributed by atoms with Crippen LogP contribution in [0.1, 0.15) is 25.7 Å². The molecule has 0 saturated heterocycles. The van der Waals surface area contributed by atoms with Crippen molar-refractivity contribution in [1.29, 1.82) is 0 Å². The Morgan fingerprint density at radius 3 is 2.71 bits per heavy atom. The van der Waals surface area contributed by atoms with E-state index >= 15 is 0 Å². The molecule has 3 nitrogen and oxygen atoms in total. The van der Waals surface area contributed by atoms with E-state index < -0.39 is 0 Å². The maximum atomic E-state index is 5.64. The third-order valence-corrected chi connectivity index (χ3v) is 2.21. The van der Waals surface area contributed by atoms with Gasteiger partial charge in [0.15, 0.2) is 11.7 Å². The van der Waals surface area contributed by atoms with Gasteiger partial charge in [0.2, 0.25) is 0 Å². The molecule has 2 aromatic rings. The normalized spacial score (nSPS) is 11.1. The molecule has 2 rings (SSSR count). The first-order valence-electron chi connectivity index (χ1n) is 4.76. The number of aromatic nitrogens is 2. The highest BCUT2D eigenvalue weighted by Crippen LogP contribution is 2.23. The molecule has 74 valence electrons. The third-order valence-electron chi connectivity index (χ3n) is 2.21. The van der Waals surface area contributed by atoms with E-state index in [4.69, 9.17) is 4.42 Å². The maximum Gasteiger partial charge on any atom is 0.197 e. The molecule has 0 amide bonds. The van der Waals surface area contributed by atoms with Crippen LogP contribution in [-0.2, 0) is 7.05 Å². The number of hydrogen-bond acceptors (Lipinski definition) is 2. The lowest BCUT2D eigenvalue weighted by Crippen LogP contribution is -1.87. The Labute approximate surface area is 83.4 Å². The molecule has 0 aliphatic heterocycles. The van der Waals surface area contributed by atoms with Gasteiger partial charge in [-0.1, -0.05) is 13.8 Å². The van der Waals surface area contributed by atoms with Crippen molar-refractivity contribution in [2.75, 3.05) is 0 Å². The fraction of sp³-hybridized carbons (Fsp3) is 0.364. The molecule has 2 heterocycles. The lowest BCUT2D eigenvalue weighted by atomic mass is 10.2. The summed E-state index contributed by atoms with van der Waals surface area (Å²) in [6, 6.07) is 4.01. The Balaban J connectivity index is 2.39. The Morgan fingerprint density at radius 1 is 1.43 bits per heavy atom. The SMILES string of the molecule is CC(C)c1ncc(-c2cccn2C)o1. The lowest BCUT2D eigenvalue weighted by Gasteiger charge is -1.99. The van der Waals surface area contributed by atoms with E-state index in [1.165, 1.54) is 0 Å². The summed E-state index contributed by atoms with van der Waals surface area (Å²) >= 11 is 0. The Kier molecular flexibility index (Phi) is 2.15. The number of oxazole rings is 1. The largest absolute Gasteiger partial charge is 0.439 e. The quantitative estimate of drug-likeness (QED) is 0.729. The second-order valence-corrected chi connectivity index (χ2v) is 3.72.